The maximum absolute atomic E-state index is 10.1. The van der Waals surface area contributed by atoms with E-state index < -0.39 is 0 Å². The molecule has 4 nitrogen and oxygen atoms in total. The number of aryl methyl sites for hydroxylation is 1. The fourth-order valence-electron chi connectivity index (χ4n) is 1.82. The summed E-state index contributed by atoms with van der Waals surface area (Å²) in [6, 6.07) is 5.87. The molecule has 0 aliphatic heterocycles. The van der Waals surface area contributed by atoms with Gasteiger partial charge in [0.05, 0.1) is 24.2 Å². The van der Waals surface area contributed by atoms with Gasteiger partial charge in [-0.2, -0.15) is 0 Å². The van der Waals surface area contributed by atoms with Crippen LogP contribution in [0.4, 0.5) is 0 Å². The molecule has 1 N–H and O–H groups in total. The van der Waals surface area contributed by atoms with Crippen molar-refractivity contribution < 1.29 is 9.84 Å². The van der Waals surface area contributed by atoms with Crippen molar-refractivity contribution in [2.75, 3.05) is 12.9 Å². The first-order valence-electron chi connectivity index (χ1n) is 6.64. The van der Waals surface area contributed by atoms with Gasteiger partial charge in [-0.05, 0) is 17.5 Å². The standard InChI is InChI=1S/C15H22N2O2S/c1-15(2,3)13(18)9-20-14-16-11-8-10(19-5)6-7-12(11)17(14)4/h6-8,13,18H,9H2,1-5H3. The zero-order valence-corrected chi connectivity index (χ0v) is 13.5. The molecule has 1 unspecified atom stereocenters. The summed E-state index contributed by atoms with van der Waals surface area (Å²) in [5, 5.41) is 11.0. The highest BCUT2D eigenvalue weighted by Gasteiger charge is 2.23. The van der Waals surface area contributed by atoms with Crippen LogP contribution in [0.5, 0.6) is 5.75 Å². The van der Waals surface area contributed by atoms with Gasteiger partial charge in [0, 0.05) is 18.9 Å². The van der Waals surface area contributed by atoms with Crippen molar-refractivity contribution in [3.8, 4) is 5.75 Å². The fraction of sp³-hybridized carbons (Fsp3) is 0.533. The molecule has 2 aromatic rings. The van der Waals surface area contributed by atoms with Crippen LogP contribution in [-0.2, 0) is 7.05 Å². The number of ether oxygens (including phenoxy) is 1. The first-order chi connectivity index (χ1) is 9.32. The molecule has 110 valence electrons. The molecule has 1 aromatic carbocycles. The third-order valence-electron chi connectivity index (χ3n) is 3.42. The Labute approximate surface area is 124 Å². The number of aliphatic hydroxyl groups is 1. The number of nitrogens with zero attached hydrogens (tertiary/aromatic N) is 2. The van der Waals surface area contributed by atoms with Gasteiger partial charge in [-0.3, -0.25) is 0 Å². The average molecular weight is 294 g/mol. The summed E-state index contributed by atoms with van der Waals surface area (Å²) in [7, 11) is 3.65. The van der Waals surface area contributed by atoms with E-state index in [2.05, 4.69) is 9.55 Å². The van der Waals surface area contributed by atoms with Crippen LogP contribution in [0.25, 0.3) is 11.0 Å². The van der Waals surface area contributed by atoms with E-state index in [1.807, 2.05) is 46.0 Å². The van der Waals surface area contributed by atoms with Crippen molar-refractivity contribution in [1.29, 1.82) is 0 Å². The molecule has 0 saturated carbocycles. The maximum Gasteiger partial charge on any atom is 0.168 e. The lowest BCUT2D eigenvalue weighted by atomic mass is 9.90. The minimum atomic E-state index is -0.359. The van der Waals surface area contributed by atoms with Crippen molar-refractivity contribution in [2.45, 2.75) is 32.0 Å². The van der Waals surface area contributed by atoms with E-state index in [4.69, 9.17) is 4.74 Å². The SMILES string of the molecule is COc1ccc2c(c1)nc(SCC(O)C(C)(C)C)n2C. The summed E-state index contributed by atoms with van der Waals surface area (Å²) < 4.78 is 7.27. The van der Waals surface area contributed by atoms with E-state index in [-0.39, 0.29) is 11.5 Å². The zero-order chi connectivity index (χ0) is 14.9. The largest absolute Gasteiger partial charge is 0.497 e. The number of rotatable bonds is 4. The first-order valence-corrected chi connectivity index (χ1v) is 7.63. The second kappa shape index (κ2) is 5.66. The molecule has 1 atom stereocenters. The number of imidazole rings is 1. The Morgan fingerprint density at radius 1 is 1.40 bits per heavy atom. The Balaban J connectivity index is 2.21. The Morgan fingerprint density at radius 3 is 2.70 bits per heavy atom. The van der Waals surface area contributed by atoms with Gasteiger partial charge in [-0.25, -0.2) is 4.98 Å². The molecule has 0 bridgehead atoms. The highest BCUT2D eigenvalue weighted by Crippen LogP contribution is 2.29. The predicted molar refractivity (Wildman–Crippen MR) is 83.5 cm³/mol. The summed E-state index contributed by atoms with van der Waals surface area (Å²) in [5.41, 5.74) is 1.87. The molecule has 0 amide bonds. The van der Waals surface area contributed by atoms with Gasteiger partial charge >= 0.3 is 0 Å². The Kier molecular flexibility index (Phi) is 4.30. The number of methoxy groups -OCH3 is 1. The van der Waals surface area contributed by atoms with Crippen molar-refractivity contribution in [3.63, 3.8) is 0 Å². The summed E-state index contributed by atoms with van der Waals surface area (Å²) in [5.74, 6) is 1.44. The fourth-order valence-corrected chi connectivity index (χ4v) is 3.08. The van der Waals surface area contributed by atoms with Crippen LogP contribution >= 0.6 is 11.8 Å². The number of thioether (sulfide) groups is 1. The Hall–Kier alpha value is -1.20. The van der Waals surface area contributed by atoms with Crippen LogP contribution in [0.15, 0.2) is 23.4 Å². The summed E-state index contributed by atoms with van der Waals surface area (Å²) >= 11 is 1.58. The lowest BCUT2D eigenvalue weighted by molar-refractivity contribution is 0.0842. The highest BCUT2D eigenvalue weighted by molar-refractivity contribution is 7.99. The summed E-state index contributed by atoms with van der Waals surface area (Å²) in [4.78, 5) is 4.61. The third-order valence-corrected chi connectivity index (χ3v) is 4.52. The lowest BCUT2D eigenvalue weighted by Crippen LogP contribution is -2.28. The lowest BCUT2D eigenvalue weighted by Gasteiger charge is -2.25. The van der Waals surface area contributed by atoms with Gasteiger partial charge in [0.15, 0.2) is 5.16 Å². The molecule has 0 radical (unpaired) electrons. The summed E-state index contributed by atoms with van der Waals surface area (Å²) in [6.07, 6.45) is -0.359. The Bertz CT molecular complexity index is 602. The van der Waals surface area contributed by atoms with Crippen LogP contribution in [0, 0.1) is 5.41 Å². The molecule has 0 spiro atoms. The molecule has 0 aliphatic carbocycles. The van der Waals surface area contributed by atoms with Gasteiger partial charge in [0.25, 0.3) is 0 Å². The normalized spacial score (nSPS) is 13.7. The minimum absolute atomic E-state index is 0.110. The quantitative estimate of drug-likeness (QED) is 0.880. The second-order valence-electron chi connectivity index (χ2n) is 6.00. The number of aliphatic hydroxyl groups excluding tert-OH is 1. The van der Waals surface area contributed by atoms with Crippen LogP contribution in [0.1, 0.15) is 20.8 Å². The second-order valence-corrected chi connectivity index (χ2v) is 6.99. The van der Waals surface area contributed by atoms with Gasteiger partial charge in [-0.15, -0.1) is 0 Å². The van der Waals surface area contributed by atoms with Crippen molar-refractivity contribution in [1.82, 2.24) is 9.55 Å². The van der Waals surface area contributed by atoms with Gasteiger partial charge in [0.2, 0.25) is 0 Å². The Morgan fingerprint density at radius 2 is 2.10 bits per heavy atom. The van der Waals surface area contributed by atoms with Gasteiger partial charge in [0.1, 0.15) is 5.75 Å². The van der Waals surface area contributed by atoms with Crippen LogP contribution < -0.4 is 4.74 Å². The summed E-state index contributed by atoms with van der Waals surface area (Å²) in [6.45, 7) is 6.12. The van der Waals surface area contributed by atoms with Crippen molar-refractivity contribution >= 4 is 22.8 Å². The zero-order valence-electron chi connectivity index (χ0n) is 12.7. The predicted octanol–water partition coefficient (Wildman–Crippen LogP) is 3.08. The van der Waals surface area contributed by atoms with Crippen molar-refractivity contribution in [3.05, 3.63) is 18.2 Å². The maximum atomic E-state index is 10.1. The van der Waals surface area contributed by atoms with Crippen molar-refractivity contribution in [2.24, 2.45) is 12.5 Å². The molecule has 5 heteroatoms. The topological polar surface area (TPSA) is 47.3 Å². The molecule has 0 aliphatic rings. The van der Waals surface area contributed by atoms with Crippen LogP contribution in [0.2, 0.25) is 0 Å². The number of hydrogen-bond acceptors (Lipinski definition) is 4. The molecular weight excluding hydrogens is 272 g/mol. The monoisotopic (exact) mass is 294 g/mol. The average Bonchev–Trinajstić information content (AvgIpc) is 2.71. The molecule has 20 heavy (non-hydrogen) atoms. The number of fused-ring (bicyclic) bond motifs is 1. The molecule has 1 aromatic heterocycles. The van der Waals surface area contributed by atoms with E-state index >= 15 is 0 Å². The third kappa shape index (κ3) is 3.10. The van der Waals surface area contributed by atoms with E-state index in [1.165, 1.54) is 0 Å². The molecule has 2 rings (SSSR count). The molecule has 0 fully saturated rings. The first kappa shape index (κ1) is 15.2. The van der Waals surface area contributed by atoms with E-state index in [0.29, 0.717) is 5.75 Å². The highest BCUT2D eigenvalue weighted by atomic mass is 32.2. The molecular formula is C15H22N2O2S. The molecule has 0 saturated heterocycles. The van der Waals surface area contributed by atoms with Gasteiger partial charge < -0.3 is 14.4 Å². The van der Waals surface area contributed by atoms with Gasteiger partial charge in [-0.1, -0.05) is 32.5 Å². The van der Waals surface area contributed by atoms with Crippen LogP contribution in [-0.4, -0.2) is 33.6 Å². The van der Waals surface area contributed by atoms with E-state index in [1.54, 1.807) is 18.9 Å². The molecule has 1 heterocycles. The van der Waals surface area contributed by atoms with E-state index in [0.717, 1.165) is 21.9 Å². The number of aromatic nitrogens is 2. The smallest absolute Gasteiger partial charge is 0.168 e. The van der Waals surface area contributed by atoms with E-state index in [9.17, 15) is 5.11 Å². The van der Waals surface area contributed by atoms with Crippen LogP contribution in [0.3, 0.4) is 0 Å². The number of benzene rings is 1. The number of hydrogen-bond donors (Lipinski definition) is 1. The minimum Gasteiger partial charge on any atom is -0.497 e.